The van der Waals surface area contributed by atoms with Crippen molar-refractivity contribution in [1.82, 2.24) is 0 Å². The van der Waals surface area contributed by atoms with Crippen LogP contribution < -0.4 is 14.6 Å². The molecule has 0 atom stereocenters. The van der Waals surface area contributed by atoms with E-state index in [9.17, 15) is 0 Å². The monoisotopic (exact) mass is 468 g/mol. The first-order valence-corrected chi connectivity index (χ1v) is 12.3. The molecule has 102 valence electrons. The summed E-state index contributed by atoms with van der Waals surface area (Å²) in [5.74, 6) is 2.10. The molecular weight excluding hydrogens is 453 g/mol. The van der Waals surface area contributed by atoms with Crippen molar-refractivity contribution in [2.45, 2.75) is 6.92 Å². The van der Waals surface area contributed by atoms with Gasteiger partial charge in [0.25, 0.3) is 0 Å². The van der Waals surface area contributed by atoms with E-state index < -0.39 is 21.8 Å². The average Bonchev–Trinajstić information content (AvgIpc) is 2.53. The molecule has 0 aliphatic carbocycles. The Balaban J connectivity index is 1.95. The zero-order chi connectivity index (χ0) is 14.2. The molecule has 0 fully saturated rings. The van der Waals surface area contributed by atoms with Gasteiger partial charge in [-0.2, -0.15) is 0 Å². The Hall–Kier alpha value is -1.66. The zero-order valence-electron chi connectivity index (χ0n) is 11.8. The Bertz CT molecular complexity index is 747. The molecule has 1 aliphatic rings. The van der Waals surface area contributed by atoms with Gasteiger partial charge in [0, 0.05) is 0 Å². The summed E-state index contributed by atoms with van der Waals surface area (Å²) in [4.78, 5) is 0. The van der Waals surface area contributed by atoms with Gasteiger partial charge in [-0.1, -0.05) is 0 Å². The second-order valence-corrected chi connectivity index (χ2v) is 13.6. The van der Waals surface area contributed by atoms with Gasteiger partial charge in [0.15, 0.2) is 0 Å². The molecule has 0 saturated heterocycles. The first-order valence-electron chi connectivity index (χ1n) is 7.06. The Labute approximate surface area is 132 Å². The number of aryl methyl sites for hydroxylation is 1. The van der Waals surface area contributed by atoms with Gasteiger partial charge in [-0.15, -0.1) is 0 Å². The Morgan fingerprint density at radius 2 is 1.19 bits per heavy atom. The number of benzene rings is 3. The molecule has 1 aliphatic heterocycles. The molecule has 21 heavy (non-hydrogen) atoms. The summed E-state index contributed by atoms with van der Waals surface area (Å²) in [7, 11) is 0. The van der Waals surface area contributed by atoms with E-state index in [2.05, 4.69) is 79.7 Å². The fourth-order valence-electron chi connectivity index (χ4n) is 2.68. The van der Waals surface area contributed by atoms with Gasteiger partial charge in [0.05, 0.1) is 0 Å². The molecule has 2 heteroatoms. The molecule has 3 aromatic carbocycles. The van der Waals surface area contributed by atoms with E-state index >= 15 is 0 Å². The number of rotatable bonds is 1. The van der Waals surface area contributed by atoms with Crippen LogP contribution in [0.15, 0.2) is 72.8 Å². The molecule has 3 aromatic rings. The van der Waals surface area contributed by atoms with Gasteiger partial charge in [0.2, 0.25) is 0 Å². The summed E-state index contributed by atoms with van der Waals surface area (Å²) >= 11 is -2.20. The molecule has 0 amide bonds. The van der Waals surface area contributed by atoms with Crippen LogP contribution in [0.1, 0.15) is 5.56 Å². The maximum atomic E-state index is 6.10. The van der Waals surface area contributed by atoms with Crippen LogP contribution in [0.5, 0.6) is 11.5 Å². The number of para-hydroxylation sites is 2. The summed E-state index contributed by atoms with van der Waals surface area (Å²) in [5, 5.41) is 0. The van der Waals surface area contributed by atoms with Crippen molar-refractivity contribution in [2.24, 2.45) is 0 Å². The zero-order valence-corrected chi connectivity index (χ0v) is 15.3. The van der Waals surface area contributed by atoms with Gasteiger partial charge in [-0.3, -0.25) is 0 Å². The number of hydrogen-bond donors (Lipinski definition) is 0. The van der Waals surface area contributed by atoms with Crippen molar-refractivity contribution in [3.05, 3.63) is 78.4 Å². The molecule has 0 aromatic heterocycles. The first-order chi connectivity index (χ1) is 10.3. The van der Waals surface area contributed by atoms with Crippen molar-refractivity contribution in [1.29, 1.82) is 0 Å². The second kappa shape index (κ2) is 5.27. The van der Waals surface area contributed by atoms with E-state index in [0.29, 0.717) is 0 Å². The summed E-state index contributed by atoms with van der Waals surface area (Å²) in [6.45, 7) is 2.14. The molecular formula is C19H15BiO. The van der Waals surface area contributed by atoms with E-state index in [4.69, 9.17) is 4.74 Å². The third-order valence-corrected chi connectivity index (χ3v) is 13.5. The summed E-state index contributed by atoms with van der Waals surface area (Å²) in [5.41, 5.74) is 1.32. The van der Waals surface area contributed by atoms with Gasteiger partial charge >= 0.3 is 133 Å². The van der Waals surface area contributed by atoms with Gasteiger partial charge in [-0.25, -0.2) is 0 Å². The number of ether oxygens (including phenoxy) is 1. The minimum absolute atomic E-state index is 1.05. The molecule has 0 radical (unpaired) electrons. The van der Waals surface area contributed by atoms with Gasteiger partial charge in [-0.05, 0) is 0 Å². The molecule has 0 N–H and O–H groups in total. The van der Waals surface area contributed by atoms with Crippen LogP contribution in [0, 0.1) is 6.92 Å². The molecule has 0 spiro atoms. The van der Waals surface area contributed by atoms with Crippen LogP contribution >= 0.6 is 0 Å². The quantitative estimate of drug-likeness (QED) is 0.391. The van der Waals surface area contributed by atoms with Crippen LogP contribution in [0.2, 0.25) is 0 Å². The minimum atomic E-state index is -2.20. The van der Waals surface area contributed by atoms with Crippen LogP contribution in [-0.2, 0) is 0 Å². The van der Waals surface area contributed by atoms with E-state index in [-0.39, 0.29) is 0 Å². The van der Waals surface area contributed by atoms with Crippen molar-refractivity contribution in [3.8, 4) is 11.5 Å². The first kappa shape index (κ1) is 13.0. The topological polar surface area (TPSA) is 9.23 Å². The average molecular weight is 468 g/mol. The predicted molar refractivity (Wildman–Crippen MR) is 88.8 cm³/mol. The SMILES string of the molecule is Cc1cc[c]([Bi]2[c]3ccccc3Oc3cccc[c]32)cc1. The van der Waals surface area contributed by atoms with E-state index in [0.717, 1.165) is 11.5 Å². The van der Waals surface area contributed by atoms with E-state index in [1.807, 2.05) is 0 Å². The van der Waals surface area contributed by atoms with Crippen molar-refractivity contribution < 1.29 is 4.74 Å². The number of fused-ring (bicyclic) bond motifs is 2. The Morgan fingerprint density at radius 3 is 1.76 bits per heavy atom. The Kier molecular flexibility index (Phi) is 3.27. The Morgan fingerprint density at radius 1 is 0.667 bits per heavy atom. The van der Waals surface area contributed by atoms with Crippen LogP contribution in [0.4, 0.5) is 0 Å². The molecule has 0 bridgehead atoms. The summed E-state index contributed by atoms with van der Waals surface area (Å²) in [6.07, 6.45) is 0. The van der Waals surface area contributed by atoms with Gasteiger partial charge < -0.3 is 0 Å². The predicted octanol–water partition coefficient (Wildman–Crippen LogP) is 2.62. The number of hydrogen-bond acceptors (Lipinski definition) is 1. The van der Waals surface area contributed by atoms with Crippen LogP contribution in [0.3, 0.4) is 0 Å². The normalized spacial score (nSPS) is 13.2. The van der Waals surface area contributed by atoms with Crippen molar-refractivity contribution >= 4 is 31.6 Å². The van der Waals surface area contributed by atoms with Gasteiger partial charge in [0.1, 0.15) is 0 Å². The third kappa shape index (κ3) is 2.28. The molecule has 1 heterocycles. The van der Waals surface area contributed by atoms with Crippen molar-refractivity contribution in [3.63, 3.8) is 0 Å². The second-order valence-electron chi connectivity index (χ2n) is 5.21. The summed E-state index contributed by atoms with van der Waals surface area (Å²) in [6, 6.07) is 26.2. The van der Waals surface area contributed by atoms with Crippen LogP contribution in [-0.4, -0.2) is 21.8 Å². The molecule has 1 nitrogen and oxygen atoms in total. The maximum absolute atomic E-state index is 6.10. The van der Waals surface area contributed by atoms with E-state index in [1.165, 1.54) is 15.4 Å². The van der Waals surface area contributed by atoms with Crippen molar-refractivity contribution in [2.75, 3.05) is 0 Å². The molecule has 4 rings (SSSR count). The van der Waals surface area contributed by atoms with Crippen LogP contribution in [0.25, 0.3) is 0 Å². The third-order valence-electron chi connectivity index (χ3n) is 3.72. The molecule has 0 unspecified atom stereocenters. The summed E-state index contributed by atoms with van der Waals surface area (Å²) < 4.78 is 10.5. The molecule has 0 saturated carbocycles. The van der Waals surface area contributed by atoms with E-state index in [1.54, 1.807) is 0 Å². The fraction of sp³-hybridized carbons (Fsp3) is 0.0526. The standard InChI is InChI=1S/C12H8O.C7H7.Bi/c1-3-7-11(8-4-1)13-12-9-5-2-6-10-12;1-7-5-3-2-4-6-7;/h1-7,9H;3-6H,1H3;. The fourth-order valence-corrected chi connectivity index (χ4v) is 12.1.